The number of aryl methyl sites for hydroxylation is 1. The normalized spacial score (nSPS) is 10.8. The summed E-state index contributed by atoms with van der Waals surface area (Å²) in [5.41, 5.74) is 1.13. The number of rotatable bonds is 0. The second kappa shape index (κ2) is 2.54. The number of aromatic nitrogens is 4. The summed E-state index contributed by atoms with van der Waals surface area (Å²) in [4.78, 5) is 7.63. The minimum absolute atomic E-state index is 0.0708. The zero-order valence-electron chi connectivity index (χ0n) is 6.19. The second-order valence-corrected chi connectivity index (χ2v) is 3.33. The first-order valence-corrected chi connectivity index (χ1v) is 4.30. The molecule has 2 aromatic heterocycles. The molecule has 0 bridgehead atoms. The molecular formula is C6H5IN4O. The van der Waals surface area contributed by atoms with Crippen LogP contribution in [0.2, 0.25) is 0 Å². The number of hydrogen-bond acceptors (Lipinski definition) is 4. The van der Waals surface area contributed by atoms with Gasteiger partial charge in [-0.2, -0.15) is 10.1 Å². The van der Waals surface area contributed by atoms with Crippen molar-refractivity contribution in [1.29, 1.82) is 0 Å². The van der Waals surface area contributed by atoms with Gasteiger partial charge in [0, 0.05) is 7.05 Å². The van der Waals surface area contributed by atoms with Crippen LogP contribution in [0.1, 0.15) is 0 Å². The minimum atomic E-state index is -0.0708. The third-order valence-electron chi connectivity index (χ3n) is 1.53. The van der Waals surface area contributed by atoms with Crippen LogP contribution >= 0.6 is 22.6 Å². The fourth-order valence-electron chi connectivity index (χ4n) is 0.960. The molecule has 0 aliphatic rings. The van der Waals surface area contributed by atoms with E-state index in [0.717, 1.165) is 3.70 Å². The van der Waals surface area contributed by atoms with Gasteiger partial charge in [0.15, 0.2) is 5.52 Å². The van der Waals surface area contributed by atoms with Crippen LogP contribution in [-0.2, 0) is 7.05 Å². The van der Waals surface area contributed by atoms with Gasteiger partial charge in [-0.25, -0.2) is 4.98 Å². The first-order valence-electron chi connectivity index (χ1n) is 3.22. The highest BCUT2D eigenvalue weighted by Gasteiger charge is 2.10. The summed E-state index contributed by atoms with van der Waals surface area (Å²) < 4.78 is 2.54. The first kappa shape index (κ1) is 7.71. The lowest BCUT2D eigenvalue weighted by Gasteiger charge is -1.88. The lowest BCUT2D eigenvalue weighted by atomic mass is 10.5. The quantitative estimate of drug-likeness (QED) is 0.718. The number of fused-ring (bicyclic) bond motifs is 1. The molecule has 0 spiro atoms. The molecule has 0 radical (unpaired) electrons. The van der Waals surface area contributed by atoms with E-state index >= 15 is 0 Å². The van der Waals surface area contributed by atoms with E-state index in [9.17, 15) is 5.11 Å². The summed E-state index contributed by atoms with van der Waals surface area (Å²) in [7, 11) is 1.79. The number of nitrogens with zero attached hydrogens (tertiary/aromatic N) is 4. The van der Waals surface area contributed by atoms with Crippen molar-refractivity contribution in [2.24, 2.45) is 7.05 Å². The van der Waals surface area contributed by atoms with Gasteiger partial charge in [-0.1, -0.05) is 0 Å². The van der Waals surface area contributed by atoms with Crippen molar-refractivity contribution in [2.75, 3.05) is 0 Å². The summed E-state index contributed by atoms with van der Waals surface area (Å²) in [6, 6.07) is 0. The predicted octanol–water partition coefficient (Wildman–Crippen LogP) is 0.673. The molecule has 1 N–H and O–H groups in total. The highest BCUT2D eigenvalue weighted by Crippen LogP contribution is 2.21. The lowest BCUT2D eigenvalue weighted by molar-refractivity contribution is 0.457. The fourth-order valence-corrected chi connectivity index (χ4v) is 1.46. The molecule has 62 valence electrons. The second-order valence-electron chi connectivity index (χ2n) is 2.31. The monoisotopic (exact) mass is 276 g/mol. The molecule has 5 nitrogen and oxygen atoms in total. The Morgan fingerprint density at radius 3 is 2.83 bits per heavy atom. The summed E-state index contributed by atoms with van der Waals surface area (Å²) in [6.45, 7) is 0. The van der Waals surface area contributed by atoms with Crippen molar-refractivity contribution in [3.05, 3.63) is 10.0 Å². The van der Waals surface area contributed by atoms with Gasteiger partial charge in [-0.15, -0.1) is 0 Å². The summed E-state index contributed by atoms with van der Waals surface area (Å²) in [5.74, 6) is -0.0708. The van der Waals surface area contributed by atoms with Crippen LogP contribution in [0.3, 0.4) is 0 Å². The molecule has 2 aromatic rings. The third kappa shape index (κ3) is 0.942. The van der Waals surface area contributed by atoms with Crippen LogP contribution in [0.15, 0.2) is 6.33 Å². The largest absolute Gasteiger partial charge is 0.492 e. The van der Waals surface area contributed by atoms with Crippen LogP contribution in [0.4, 0.5) is 0 Å². The molecule has 0 fully saturated rings. The molecule has 0 saturated heterocycles. The molecule has 2 rings (SSSR count). The van der Waals surface area contributed by atoms with Gasteiger partial charge in [-0.05, 0) is 22.6 Å². The average molecular weight is 276 g/mol. The van der Waals surface area contributed by atoms with Crippen molar-refractivity contribution in [1.82, 2.24) is 19.7 Å². The van der Waals surface area contributed by atoms with Crippen LogP contribution in [0.5, 0.6) is 5.88 Å². The lowest BCUT2D eigenvalue weighted by Crippen LogP contribution is -1.91. The highest BCUT2D eigenvalue weighted by atomic mass is 127. The molecule has 2 heterocycles. The maximum absolute atomic E-state index is 9.28. The van der Waals surface area contributed by atoms with Gasteiger partial charge in [0.2, 0.25) is 5.88 Å². The minimum Gasteiger partial charge on any atom is -0.492 e. The summed E-state index contributed by atoms with van der Waals surface area (Å²) in [5, 5.41) is 13.3. The Hall–Kier alpha value is -0.920. The van der Waals surface area contributed by atoms with E-state index in [1.165, 1.54) is 6.33 Å². The summed E-state index contributed by atoms with van der Waals surface area (Å²) >= 11 is 2.11. The Morgan fingerprint density at radius 1 is 1.42 bits per heavy atom. The van der Waals surface area contributed by atoms with E-state index < -0.39 is 0 Å². The maximum Gasteiger partial charge on any atom is 0.243 e. The number of aromatic hydroxyl groups is 1. The Kier molecular flexibility index (Phi) is 1.63. The smallest absolute Gasteiger partial charge is 0.243 e. The average Bonchev–Trinajstić information content (AvgIpc) is 2.32. The Bertz CT molecular complexity index is 438. The van der Waals surface area contributed by atoms with Gasteiger partial charge >= 0.3 is 0 Å². The van der Waals surface area contributed by atoms with Crippen molar-refractivity contribution in [3.8, 4) is 5.88 Å². The van der Waals surface area contributed by atoms with Gasteiger partial charge < -0.3 is 5.11 Å². The van der Waals surface area contributed by atoms with Crippen molar-refractivity contribution < 1.29 is 5.11 Å². The third-order valence-corrected chi connectivity index (χ3v) is 2.74. The molecule has 6 heteroatoms. The molecule has 0 aromatic carbocycles. The summed E-state index contributed by atoms with van der Waals surface area (Å²) in [6.07, 6.45) is 1.32. The van der Waals surface area contributed by atoms with Gasteiger partial charge in [0.25, 0.3) is 0 Å². The Morgan fingerprint density at radius 2 is 2.17 bits per heavy atom. The molecule has 0 atom stereocenters. The predicted molar refractivity (Wildman–Crippen MR) is 50.7 cm³/mol. The van der Waals surface area contributed by atoms with Crippen LogP contribution in [-0.4, -0.2) is 24.9 Å². The van der Waals surface area contributed by atoms with E-state index in [1.54, 1.807) is 11.7 Å². The van der Waals surface area contributed by atoms with Gasteiger partial charge in [-0.3, -0.25) is 4.68 Å². The van der Waals surface area contributed by atoms with Gasteiger partial charge in [0.05, 0.1) is 0 Å². The SMILES string of the molecule is Cn1nc2c(O)ncnc2c1I. The van der Waals surface area contributed by atoms with E-state index in [-0.39, 0.29) is 5.88 Å². The topological polar surface area (TPSA) is 63.8 Å². The molecular weight excluding hydrogens is 271 g/mol. The van der Waals surface area contributed by atoms with Crippen LogP contribution < -0.4 is 0 Å². The van der Waals surface area contributed by atoms with E-state index in [0.29, 0.717) is 11.0 Å². The van der Waals surface area contributed by atoms with Gasteiger partial charge in [0.1, 0.15) is 15.5 Å². The number of halogens is 1. The zero-order valence-corrected chi connectivity index (χ0v) is 8.35. The molecule has 12 heavy (non-hydrogen) atoms. The standard InChI is InChI=1S/C6H5IN4O/c1-11-5(7)3-4(10-11)6(12)9-2-8-3/h2H,1H3,(H,8,9,12). The molecule has 0 amide bonds. The fraction of sp³-hybridized carbons (Fsp3) is 0.167. The Balaban J connectivity index is 2.95. The molecule has 0 aliphatic heterocycles. The van der Waals surface area contributed by atoms with Crippen LogP contribution in [0, 0.1) is 3.70 Å². The van der Waals surface area contributed by atoms with Crippen molar-refractivity contribution in [2.45, 2.75) is 0 Å². The number of hydrogen-bond donors (Lipinski definition) is 1. The highest BCUT2D eigenvalue weighted by molar-refractivity contribution is 14.1. The van der Waals surface area contributed by atoms with E-state index in [2.05, 4.69) is 37.7 Å². The van der Waals surface area contributed by atoms with E-state index in [1.807, 2.05) is 0 Å². The molecule has 0 unspecified atom stereocenters. The maximum atomic E-state index is 9.28. The van der Waals surface area contributed by atoms with Crippen molar-refractivity contribution in [3.63, 3.8) is 0 Å². The molecule has 0 saturated carbocycles. The molecule has 0 aliphatic carbocycles. The van der Waals surface area contributed by atoms with Crippen LogP contribution in [0.25, 0.3) is 11.0 Å². The van der Waals surface area contributed by atoms with Crippen molar-refractivity contribution >= 4 is 33.6 Å². The Labute approximate surface area is 81.6 Å². The first-order chi connectivity index (χ1) is 5.70. The van der Waals surface area contributed by atoms with E-state index in [4.69, 9.17) is 0 Å². The zero-order chi connectivity index (χ0) is 8.72.